The number of nitrogens with one attached hydrogen (secondary N) is 1. The van der Waals surface area contributed by atoms with Crippen molar-refractivity contribution in [3.63, 3.8) is 0 Å². The minimum atomic E-state index is -0.273. The highest BCUT2D eigenvalue weighted by Gasteiger charge is 2.19. The molecule has 5 heteroatoms. The fourth-order valence-corrected chi connectivity index (χ4v) is 3.74. The molecule has 0 saturated carbocycles. The summed E-state index contributed by atoms with van der Waals surface area (Å²) in [5.41, 5.74) is 2.79. The van der Waals surface area contributed by atoms with Gasteiger partial charge in [-0.15, -0.1) is 11.3 Å². The molecular formula is C21H21FN2OS. The van der Waals surface area contributed by atoms with E-state index in [1.54, 1.807) is 6.07 Å². The van der Waals surface area contributed by atoms with Gasteiger partial charge in [0, 0.05) is 12.1 Å². The van der Waals surface area contributed by atoms with E-state index in [0.29, 0.717) is 11.4 Å². The van der Waals surface area contributed by atoms with Crippen LogP contribution in [0.15, 0.2) is 66.0 Å². The third-order valence-corrected chi connectivity index (χ3v) is 5.18. The van der Waals surface area contributed by atoms with Crippen molar-refractivity contribution in [3.05, 3.63) is 82.3 Å². The van der Waals surface area contributed by atoms with Crippen LogP contribution in [0.25, 0.3) is 11.1 Å². The summed E-state index contributed by atoms with van der Waals surface area (Å²) in [5.74, 6) is -0.382. The summed E-state index contributed by atoms with van der Waals surface area (Å²) in [5, 5.41) is 4.93. The molecule has 1 N–H and O–H groups in total. The molecular weight excluding hydrogens is 347 g/mol. The van der Waals surface area contributed by atoms with Crippen molar-refractivity contribution in [1.82, 2.24) is 10.2 Å². The number of halogens is 1. The molecule has 1 aromatic heterocycles. The van der Waals surface area contributed by atoms with Crippen LogP contribution in [-0.2, 0) is 0 Å². The van der Waals surface area contributed by atoms with Gasteiger partial charge in [0.25, 0.3) is 5.91 Å². The van der Waals surface area contributed by atoms with E-state index in [1.165, 1.54) is 23.5 Å². The highest BCUT2D eigenvalue weighted by Crippen LogP contribution is 2.28. The molecule has 0 aliphatic rings. The molecule has 0 radical (unpaired) electrons. The van der Waals surface area contributed by atoms with Gasteiger partial charge in [-0.1, -0.05) is 42.5 Å². The molecule has 0 aliphatic carbocycles. The lowest BCUT2D eigenvalue weighted by molar-refractivity contribution is 0.0946. The van der Waals surface area contributed by atoms with Crippen LogP contribution in [0.3, 0.4) is 0 Å². The largest absolute Gasteiger partial charge is 0.349 e. The first-order chi connectivity index (χ1) is 12.6. The highest BCUT2D eigenvalue weighted by molar-refractivity contribution is 7.12. The van der Waals surface area contributed by atoms with Crippen LogP contribution in [0.4, 0.5) is 4.39 Å². The van der Waals surface area contributed by atoms with E-state index < -0.39 is 0 Å². The van der Waals surface area contributed by atoms with Crippen molar-refractivity contribution >= 4 is 17.2 Å². The predicted octanol–water partition coefficient (Wildman–Crippen LogP) is 4.59. The van der Waals surface area contributed by atoms with Gasteiger partial charge in [-0.3, -0.25) is 4.79 Å². The fourth-order valence-electron chi connectivity index (χ4n) is 2.91. The summed E-state index contributed by atoms with van der Waals surface area (Å²) in [4.78, 5) is 15.4. The van der Waals surface area contributed by atoms with Crippen LogP contribution < -0.4 is 5.32 Å². The summed E-state index contributed by atoms with van der Waals surface area (Å²) in [7, 11) is 3.84. The lowest BCUT2D eigenvalue weighted by atomic mass is 10.0. The second-order valence-electron chi connectivity index (χ2n) is 6.27. The monoisotopic (exact) mass is 368 g/mol. The number of carbonyl (C=O) groups is 1. The Morgan fingerprint density at radius 1 is 1.12 bits per heavy atom. The third-order valence-electron chi connectivity index (χ3n) is 4.27. The van der Waals surface area contributed by atoms with Gasteiger partial charge in [-0.25, -0.2) is 4.39 Å². The molecule has 1 amide bonds. The van der Waals surface area contributed by atoms with E-state index in [2.05, 4.69) is 5.32 Å². The number of nitrogens with zero attached hydrogens (tertiary/aromatic N) is 1. The zero-order valence-electron chi connectivity index (χ0n) is 14.8. The van der Waals surface area contributed by atoms with Gasteiger partial charge in [-0.05, 0) is 48.8 Å². The second-order valence-corrected chi connectivity index (χ2v) is 7.19. The van der Waals surface area contributed by atoms with E-state index in [1.807, 2.05) is 66.8 Å². The van der Waals surface area contributed by atoms with Crippen molar-refractivity contribution in [2.24, 2.45) is 0 Å². The van der Waals surface area contributed by atoms with Crippen molar-refractivity contribution in [2.45, 2.75) is 6.04 Å². The number of thiophene rings is 1. The summed E-state index contributed by atoms with van der Waals surface area (Å²) < 4.78 is 13.5. The molecule has 1 heterocycles. The Morgan fingerprint density at radius 3 is 2.58 bits per heavy atom. The van der Waals surface area contributed by atoms with Gasteiger partial charge in [0.05, 0.1) is 10.9 Å². The van der Waals surface area contributed by atoms with Crippen LogP contribution >= 0.6 is 11.3 Å². The van der Waals surface area contributed by atoms with Gasteiger partial charge < -0.3 is 10.2 Å². The van der Waals surface area contributed by atoms with Crippen molar-refractivity contribution in [1.29, 1.82) is 0 Å². The number of benzene rings is 2. The van der Waals surface area contributed by atoms with Crippen molar-refractivity contribution in [2.75, 3.05) is 20.6 Å². The topological polar surface area (TPSA) is 32.3 Å². The first-order valence-electron chi connectivity index (χ1n) is 8.39. The van der Waals surface area contributed by atoms with Crippen LogP contribution in [0.2, 0.25) is 0 Å². The van der Waals surface area contributed by atoms with E-state index in [-0.39, 0.29) is 17.8 Å². The van der Waals surface area contributed by atoms with Crippen LogP contribution in [0.5, 0.6) is 0 Å². The number of carbonyl (C=O) groups excluding carboxylic acids is 1. The molecule has 3 nitrogen and oxygen atoms in total. The number of hydrogen-bond donors (Lipinski definition) is 1. The van der Waals surface area contributed by atoms with Crippen LogP contribution in [0.1, 0.15) is 21.3 Å². The first-order valence-corrected chi connectivity index (χ1v) is 9.27. The summed E-state index contributed by atoms with van der Waals surface area (Å²) in [6.45, 7) is 0.404. The van der Waals surface area contributed by atoms with Crippen LogP contribution in [0, 0.1) is 5.82 Å². The Labute approximate surface area is 157 Å². The van der Waals surface area contributed by atoms with Gasteiger partial charge in [0.15, 0.2) is 0 Å². The Morgan fingerprint density at radius 2 is 1.88 bits per heavy atom. The first kappa shape index (κ1) is 18.3. The van der Waals surface area contributed by atoms with Crippen LogP contribution in [-0.4, -0.2) is 31.4 Å². The minimum Gasteiger partial charge on any atom is -0.349 e. The van der Waals surface area contributed by atoms with Gasteiger partial charge in [0.1, 0.15) is 5.82 Å². The maximum Gasteiger partial charge on any atom is 0.262 e. The number of rotatable bonds is 6. The molecule has 3 rings (SSSR count). The van der Waals surface area contributed by atoms with Gasteiger partial charge in [0.2, 0.25) is 0 Å². The molecule has 0 fully saturated rings. The highest BCUT2D eigenvalue weighted by atomic mass is 32.1. The van der Waals surface area contributed by atoms with E-state index in [9.17, 15) is 9.18 Å². The van der Waals surface area contributed by atoms with E-state index >= 15 is 0 Å². The third kappa shape index (κ3) is 4.18. The Balaban J connectivity index is 1.75. The molecule has 3 aromatic rings. The van der Waals surface area contributed by atoms with Gasteiger partial charge >= 0.3 is 0 Å². The molecule has 0 saturated heterocycles. The molecule has 1 atom stereocenters. The van der Waals surface area contributed by atoms with Crippen molar-refractivity contribution in [3.8, 4) is 11.1 Å². The normalized spacial score (nSPS) is 12.2. The fraction of sp³-hybridized carbons (Fsp3) is 0.190. The lowest BCUT2D eigenvalue weighted by Gasteiger charge is -2.25. The number of hydrogen-bond acceptors (Lipinski definition) is 3. The number of amides is 1. The van der Waals surface area contributed by atoms with Gasteiger partial charge in [-0.2, -0.15) is 0 Å². The summed E-state index contributed by atoms with van der Waals surface area (Å²) >= 11 is 1.43. The number of likely N-dealkylation sites (N-methyl/N-ethyl adjacent to an activating group) is 1. The molecule has 134 valence electrons. The van der Waals surface area contributed by atoms with E-state index in [0.717, 1.165) is 16.7 Å². The summed E-state index contributed by atoms with van der Waals surface area (Å²) in [6, 6.07) is 18.2. The van der Waals surface area contributed by atoms with Crippen molar-refractivity contribution < 1.29 is 9.18 Å². The summed E-state index contributed by atoms with van der Waals surface area (Å²) in [6.07, 6.45) is 0. The predicted molar refractivity (Wildman–Crippen MR) is 105 cm³/mol. The molecule has 2 aromatic carbocycles. The molecule has 0 bridgehead atoms. The smallest absolute Gasteiger partial charge is 0.262 e. The maximum atomic E-state index is 13.5. The molecule has 26 heavy (non-hydrogen) atoms. The average molecular weight is 368 g/mol. The average Bonchev–Trinajstić information content (AvgIpc) is 3.12. The minimum absolute atomic E-state index is 0.102. The standard InChI is InChI=1S/C21H21FN2OS/c1-24(2)19(16-9-6-10-17(22)13-16)14-23-21(25)20-18(11-12-26-20)15-7-4-3-5-8-15/h3-13,19H,14H2,1-2H3,(H,23,25)/t19-/m0/s1. The Bertz CT molecular complexity index is 876. The Kier molecular flexibility index (Phi) is 5.81. The quantitative estimate of drug-likeness (QED) is 0.690. The zero-order valence-corrected chi connectivity index (χ0v) is 15.6. The Hall–Kier alpha value is -2.50. The van der Waals surface area contributed by atoms with E-state index in [4.69, 9.17) is 0 Å². The molecule has 0 unspecified atom stereocenters. The maximum absolute atomic E-state index is 13.5. The second kappa shape index (κ2) is 8.25. The lowest BCUT2D eigenvalue weighted by Crippen LogP contribution is -2.34. The zero-order chi connectivity index (χ0) is 18.5. The molecule has 0 spiro atoms. The SMILES string of the molecule is CN(C)[C@@H](CNC(=O)c1sccc1-c1ccccc1)c1cccc(F)c1. The molecule has 0 aliphatic heterocycles.